The van der Waals surface area contributed by atoms with E-state index in [0.717, 1.165) is 48.8 Å². The van der Waals surface area contributed by atoms with E-state index in [1.807, 2.05) is 12.1 Å². The van der Waals surface area contributed by atoms with Crippen molar-refractivity contribution in [3.05, 3.63) is 59.7 Å². The van der Waals surface area contributed by atoms with E-state index in [1.54, 1.807) is 19.2 Å². The Bertz CT molecular complexity index is 1540. The highest BCUT2D eigenvalue weighted by atomic mass is 19.1. The van der Waals surface area contributed by atoms with Gasteiger partial charge in [0.15, 0.2) is 28.8 Å². The Morgan fingerprint density at radius 3 is 2.65 bits per heavy atom. The molecule has 0 saturated carbocycles. The number of ether oxygens (including phenoxy) is 1. The maximum Gasteiger partial charge on any atom is 0.242 e. The fourth-order valence-corrected chi connectivity index (χ4v) is 4.34. The molecule has 1 aliphatic rings. The number of carbonyl (C=O) groups excluding carboxylic acids is 1. The minimum atomic E-state index is -0.887. The van der Waals surface area contributed by atoms with Crippen molar-refractivity contribution in [2.45, 2.75) is 13.8 Å². The highest BCUT2D eigenvalue weighted by Crippen LogP contribution is 2.35. The number of carbonyl (C=O) groups is 1. The van der Waals surface area contributed by atoms with Crippen LogP contribution in [0.5, 0.6) is 11.6 Å². The summed E-state index contributed by atoms with van der Waals surface area (Å²) < 4.78 is 36.9. The van der Waals surface area contributed by atoms with Crippen LogP contribution < -0.4 is 20.3 Å². The van der Waals surface area contributed by atoms with Crippen LogP contribution in [-0.2, 0) is 0 Å². The van der Waals surface area contributed by atoms with Crippen molar-refractivity contribution in [2.75, 3.05) is 36.4 Å². The fraction of sp³-hybridized carbons (Fsp3) is 0.240. The average Bonchev–Trinajstić information content (AvgIpc) is 3.26. The van der Waals surface area contributed by atoms with Gasteiger partial charge in [0.25, 0.3) is 0 Å². The largest absolute Gasteiger partial charge is 0.434 e. The maximum atomic E-state index is 15.3. The Balaban J connectivity index is 1.44. The molecular weight excluding hydrogens is 482 g/mol. The van der Waals surface area contributed by atoms with E-state index in [0.29, 0.717) is 11.5 Å². The first kappa shape index (κ1) is 24.1. The second-order valence-corrected chi connectivity index (χ2v) is 8.45. The summed E-state index contributed by atoms with van der Waals surface area (Å²) in [5.74, 6) is -2.42. The molecule has 0 spiro atoms. The molecule has 1 aromatic carbocycles. The molecule has 0 amide bonds. The van der Waals surface area contributed by atoms with Gasteiger partial charge >= 0.3 is 0 Å². The summed E-state index contributed by atoms with van der Waals surface area (Å²) in [7, 11) is 0. The van der Waals surface area contributed by atoms with Crippen LogP contribution in [0.2, 0.25) is 0 Å². The van der Waals surface area contributed by atoms with Crippen LogP contribution in [0.4, 0.5) is 26.1 Å². The van der Waals surface area contributed by atoms with Crippen molar-refractivity contribution in [3.8, 4) is 17.7 Å². The van der Waals surface area contributed by atoms with Crippen LogP contribution >= 0.6 is 0 Å². The Hall–Kier alpha value is -4.63. The zero-order valence-corrected chi connectivity index (χ0v) is 20.0. The number of hydrogen-bond donors (Lipinski definition) is 2. The number of rotatable bonds is 5. The van der Waals surface area contributed by atoms with E-state index < -0.39 is 23.3 Å². The molecule has 0 atom stereocenters. The van der Waals surface area contributed by atoms with Crippen LogP contribution in [0.1, 0.15) is 23.0 Å². The number of aromatic nitrogens is 4. The molecule has 4 heterocycles. The lowest BCUT2D eigenvalue weighted by molar-refractivity contribution is 0.0939. The summed E-state index contributed by atoms with van der Waals surface area (Å²) in [5.41, 5.74) is 1.05. The molecule has 10 nitrogen and oxygen atoms in total. The van der Waals surface area contributed by atoms with Gasteiger partial charge < -0.3 is 20.3 Å². The van der Waals surface area contributed by atoms with Crippen molar-refractivity contribution in [2.24, 2.45) is 0 Å². The number of pyridine rings is 1. The number of anilines is 3. The van der Waals surface area contributed by atoms with Gasteiger partial charge in [0.05, 0.1) is 17.4 Å². The molecule has 1 fully saturated rings. The molecule has 0 bridgehead atoms. The van der Waals surface area contributed by atoms with Gasteiger partial charge in [0.2, 0.25) is 11.8 Å². The molecule has 37 heavy (non-hydrogen) atoms. The molecule has 4 aromatic rings. The molecule has 2 N–H and O–H groups in total. The third kappa shape index (κ3) is 4.52. The fourth-order valence-electron chi connectivity index (χ4n) is 4.34. The molecular formula is C25H22F2N8O2. The molecule has 3 aromatic heterocycles. The van der Waals surface area contributed by atoms with Crippen molar-refractivity contribution >= 4 is 34.1 Å². The Kier molecular flexibility index (Phi) is 6.37. The highest BCUT2D eigenvalue weighted by molar-refractivity contribution is 5.94. The smallest absolute Gasteiger partial charge is 0.242 e. The number of nitrogens with one attached hydrogen (secondary N) is 2. The van der Waals surface area contributed by atoms with Gasteiger partial charge in [-0.25, -0.2) is 23.7 Å². The zero-order valence-electron chi connectivity index (χ0n) is 20.0. The second-order valence-electron chi connectivity index (χ2n) is 8.45. The number of piperazine rings is 1. The number of fused-ring (bicyclic) bond motifs is 1. The van der Waals surface area contributed by atoms with Gasteiger partial charge in [-0.15, -0.1) is 0 Å². The summed E-state index contributed by atoms with van der Waals surface area (Å²) in [6.07, 6.45) is 2.86. The van der Waals surface area contributed by atoms with Gasteiger partial charge in [-0.3, -0.25) is 9.36 Å². The van der Waals surface area contributed by atoms with E-state index in [2.05, 4.69) is 30.5 Å². The van der Waals surface area contributed by atoms with Crippen molar-refractivity contribution in [1.82, 2.24) is 24.8 Å². The van der Waals surface area contributed by atoms with Crippen LogP contribution in [0.3, 0.4) is 0 Å². The molecule has 0 radical (unpaired) electrons. The number of halogens is 2. The lowest BCUT2D eigenvalue weighted by Crippen LogP contribution is -2.43. The Morgan fingerprint density at radius 1 is 1.19 bits per heavy atom. The summed E-state index contributed by atoms with van der Waals surface area (Å²) in [6, 6.07) is 7.79. The third-order valence-corrected chi connectivity index (χ3v) is 6.04. The Morgan fingerprint density at radius 2 is 1.97 bits per heavy atom. The van der Waals surface area contributed by atoms with Gasteiger partial charge in [0, 0.05) is 50.2 Å². The van der Waals surface area contributed by atoms with Gasteiger partial charge in [0.1, 0.15) is 18.2 Å². The van der Waals surface area contributed by atoms with E-state index in [1.165, 1.54) is 13.0 Å². The number of aryl methyl sites for hydroxylation is 1. The molecule has 5 rings (SSSR count). The standard InChI is InChI=1S/C25H22F2N8O2/c1-14-9-17-22(27)20(10-19(26)23(17)35(14)15(2)36)37-25-18(11-28)24(31-13-32-25)33-21-4-3-16(12-30-21)34-7-5-29-6-8-34/h3-4,9-10,12-13,29H,5-8H2,1-2H3,(H,30,31,32,33). The van der Waals surface area contributed by atoms with Gasteiger partial charge in [-0.05, 0) is 25.1 Å². The first-order chi connectivity index (χ1) is 17.9. The molecule has 1 aliphatic heterocycles. The molecule has 188 valence electrons. The van der Waals surface area contributed by atoms with Crippen LogP contribution in [-0.4, -0.2) is 51.6 Å². The normalized spacial score (nSPS) is 13.4. The third-order valence-electron chi connectivity index (χ3n) is 6.04. The predicted molar refractivity (Wildman–Crippen MR) is 132 cm³/mol. The molecule has 0 aliphatic carbocycles. The quantitative estimate of drug-likeness (QED) is 0.417. The summed E-state index contributed by atoms with van der Waals surface area (Å²) >= 11 is 0. The SMILES string of the molecule is CC(=O)n1c(C)cc2c(F)c(Oc3ncnc(Nc4ccc(N5CCNCC5)cn4)c3C#N)cc(F)c21. The topological polar surface area (TPSA) is 121 Å². The van der Waals surface area contributed by atoms with E-state index in [4.69, 9.17) is 4.74 Å². The minimum absolute atomic E-state index is 0.0930. The summed E-state index contributed by atoms with van der Waals surface area (Å²) in [5, 5.41) is 15.9. The number of hydrogen-bond acceptors (Lipinski definition) is 9. The molecule has 1 saturated heterocycles. The first-order valence-electron chi connectivity index (χ1n) is 11.5. The lowest BCUT2D eigenvalue weighted by Gasteiger charge is -2.29. The van der Waals surface area contributed by atoms with E-state index >= 15 is 4.39 Å². The van der Waals surface area contributed by atoms with Crippen molar-refractivity contribution in [1.29, 1.82) is 5.26 Å². The van der Waals surface area contributed by atoms with Crippen molar-refractivity contribution < 1.29 is 18.3 Å². The number of benzene rings is 1. The van der Waals surface area contributed by atoms with E-state index in [9.17, 15) is 14.4 Å². The molecule has 0 unspecified atom stereocenters. The molecule has 12 heteroatoms. The highest BCUT2D eigenvalue weighted by Gasteiger charge is 2.23. The van der Waals surface area contributed by atoms with Gasteiger partial charge in [-0.1, -0.05) is 0 Å². The second kappa shape index (κ2) is 9.79. The maximum absolute atomic E-state index is 15.3. The van der Waals surface area contributed by atoms with Gasteiger partial charge in [-0.2, -0.15) is 5.26 Å². The first-order valence-corrected chi connectivity index (χ1v) is 11.5. The monoisotopic (exact) mass is 504 g/mol. The zero-order chi connectivity index (χ0) is 26.1. The summed E-state index contributed by atoms with van der Waals surface area (Å²) in [6.45, 7) is 6.38. The van der Waals surface area contributed by atoms with Crippen molar-refractivity contribution in [3.63, 3.8) is 0 Å². The predicted octanol–water partition coefficient (Wildman–Crippen LogP) is 3.89. The average molecular weight is 505 g/mol. The number of nitriles is 1. The van der Waals surface area contributed by atoms with Crippen LogP contribution in [0, 0.1) is 29.9 Å². The van der Waals surface area contributed by atoms with Crippen LogP contribution in [0.15, 0.2) is 36.8 Å². The Labute approximate surface area is 210 Å². The number of nitrogens with zero attached hydrogens (tertiary/aromatic N) is 6. The lowest BCUT2D eigenvalue weighted by atomic mass is 10.2. The van der Waals surface area contributed by atoms with Crippen LogP contribution in [0.25, 0.3) is 10.9 Å². The summed E-state index contributed by atoms with van der Waals surface area (Å²) in [4.78, 5) is 26.6. The minimum Gasteiger partial charge on any atom is -0.434 e. The van der Waals surface area contributed by atoms with E-state index in [-0.39, 0.29) is 28.2 Å².